The zero-order valence-electron chi connectivity index (χ0n) is 9.09. The van der Waals surface area contributed by atoms with Gasteiger partial charge in [0.25, 0.3) is 0 Å². The third kappa shape index (κ3) is 3.11. The summed E-state index contributed by atoms with van der Waals surface area (Å²) in [6.45, 7) is 8.16. The Hall–Kier alpha value is -0.370. The molecule has 0 N–H and O–H groups in total. The average Bonchev–Trinajstić information content (AvgIpc) is 2.29. The van der Waals surface area contributed by atoms with Crippen LogP contribution in [0, 0.1) is 5.41 Å². The summed E-state index contributed by atoms with van der Waals surface area (Å²) in [7, 11) is 0. The van der Waals surface area contributed by atoms with Gasteiger partial charge in [-0.15, -0.1) is 0 Å². The summed E-state index contributed by atoms with van der Waals surface area (Å²) >= 11 is 0. The van der Waals surface area contributed by atoms with Crippen molar-refractivity contribution in [2.45, 2.75) is 58.7 Å². The van der Waals surface area contributed by atoms with Crippen molar-refractivity contribution in [1.29, 1.82) is 0 Å². The lowest BCUT2D eigenvalue weighted by Gasteiger charge is -2.24. The van der Waals surface area contributed by atoms with Crippen LogP contribution in [0.1, 0.15) is 47.0 Å². The van der Waals surface area contributed by atoms with E-state index in [-0.39, 0.29) is 17.1 Å². The second-order valence-corrected chi connectivity index (χ2v) is 5.35. The number of ether oxygens (including phenoxy) is 1. The Bertz CT molecular complexity index is 194. The lowest BCUT2D eigenvalue weighted by atomic mass is 9.87. The molecule has 0 bridgehead atoms. The minimum Gasteiger partial charge on any atom is -0.372 e. The van der Waals surface area contributed by atoms with Gasteiger partial charge in [0.1, 0.15) is 6.29 Å². The van der Waals surface area contributed by atoms with Gasteiger partial charge in [-0.3, -0.25) is 0 Å². The lowest BCUT2D eigenvalue weighted by molar-refractivity contribution is -0.117. The van der Waals surface area contributed by atoms with E-state index in [2.05, 4.69) is 13.8 Å². The van der Waals surface area contributed by atoms with E-state index in [1.54, 1.807) is 0 Å². The maximum absolute atomic E-state index is 10.7. The van der Waals surface area contributed by atoms with Crippen molar-refractivity contribution in [3.05, 3.63) is 0 Å². The number of aldehydes is 1. The van der Waals surface area contributed by atoms with Gasteiger partial charge in [-0.1, -0.05) is 13.8 Å². The molecular weight excluding hydrogens is 164 g/mol. The molecule has 1 aliphatic heterocycles. The fraction of sp³-hybridized carbons (Fsp3) is 0.909. The first kappa shape index (κ1) is 10.7. The van der Waals surface area contributed by atoms with E-state index in [0.717, 1.165) is 25.5 Å². The highest BCUT2D eigenvalue weighted by atomic mass is 16.5. The van der Waals surface area contributed by atoms with E-state index in [1.165, 1.54) is 0 Å². The van der Waals surface area contributed by atoms with Gasteiger partial charge < -0.3 is 9.53 Å². The first-order valence-corrected chi connectivity index (χ1v) is 4.99. The number of carbonyl (C=O) groups excluding carboxylic acids is 1. The Labute approximate surface area is 80.7 Å². The van der Waals surface area contributed by atoms with Crippen molar-refractivity contribution in [3.63, 3.8) is 0 Å². The molecule has 0 aromatic rings. The molecule has 2 nitrogen and oxygen atoms in total. The Morgan fingerprint density at radius 3 is 2.54 bits per heavy atom. The van der Waals surface area contributed by atoms with Crippen LogP contribution in [-0.4, -0.2) is 18.0 Å². The van der Waals surface area contributed by atoms with Crippen LogP contribution < -0.4 is 0 Å². The van der Waals surface area contributed by atoms with Crippen LogP contribution in [0.15, 0.2) is 0 Å². The van der Waals surface area contributed by atoms with Crippen LogP contribution in [0.4, 0.5) is 0 Å². The SMILES string of the molecule is CC(C)(C=O)CC1CCC(C)(C)O1. The van der Waals surface area contributed by atoms with Crippen molar-refractivity contribution in [2.75, 3.05) is 0 Å². The maximum Gasteiger partial charge on any atom is 0.125 e. The van der Waals surface area contributed by atoms with Gasteiger partial charge in [0.2, 0.25) is 0 Å². The zero-order chi connectivity index (χ0) is 10.1. The summed E-state index contributed by atoms with van der Waals surface area (Å²) in [5.74, 6) is 0. The van der Waals surface area contributed by atoms with Crippen LogP contribution in [0.25, 0.3) is 0 Å². The Morgan fingerprint density at radius 2 is 2.15 bits per heavy atom. The van der Waals surface area contributed by atoms with E-state index >= 15 is 0 Å². The molecule has 2 heteroatoms. The van der Waals surface area contributed by atoms with Crippen molar-refractivity contribution in [2.24, 2.45) is 5.41 Å². The van der Waals surface area contributed by atoms with Crippen LogP contribution in [0.2, 0.25) is 0 Å². The first-order chi connectivity index (χ1) is 5.85. The number of hydrogen-bond acceptors (Lipinski definition) is 2. The highest BCUT2D eigenvalue weighted by molar-refractivity contribution is 5.57. The van der Waals surface area contributed by atoms with Gasteiger partial charge in [0.05, 0.1) is 11.7 Å². The van der Waals surface area contributed by atoms with Gasteiger partial charge in [-0.05, 0) is 33.1 Å². The molecule has 0 radical (unpaired) electrons. The van der Waals surface area contributed by atoms with Crippen molar-refractivity contribution < 1.29 is 9.53 Å². The Kier molecular flexibility index (Phi) is 2.81. The predicted molar refractivity (Wildman–Crippen MR) is 52.6 cm³/mol. The molecule has 1 atom stereocenters. The molecule has 1 unspecified atom stereocenters. The van der Waals surface area contributed by atoms with Crippen molar-refractivity contribution in [1.82, 2.24) is 0 Å². The molecule has 1 aliphatic rings. The zero-order valence-corrected chi connectivity index (χ0v) is 9.09. The highest BCUT2D eigenvalue weighted by Gasteiger charge is 2.34. The van der Waals surface area contributed by atoms with E-state index in [4.69, 9.17) is 4.74 Å². The molecule has 0 spiro atoms. The quantitative estimate of drug-likeness (QED) is 0.630. The fourth-order valence-electron chi connectivity index (χ4n) is 1.86. The fourth-order valence-corrected chi connectivity index (χ4v) is 1.86. The average molecular weight is 184 g/mol. The molecule has 76 valence electrons. The molecule has 0 aliphatic carbocycles. The summed E-state index contributed by atoms with van der Waals surface area (Å²) in [5.41, 5.74) is -0.214. The standard InChI is InChI=1S/C11H20O2/c1-10(2,8-12)7-9-5-6-11(3,4)13-9/h8-9H,5-7H2,1-4H3. The molecule has 0 amide bonds. The van der Waals surface area contributed by atoms with E-state index in [9.17, 15) is 4.79 Å². The number of rotatable bonds is 3. The Morgan fingerprint density at radius 1 is 1.54 bits per heavy atom. The summed E-state index contributed by atoms with van der Waals surface area (Å²) in [6, 6.07) is 0. The highest BCUT2D eigenvalue weighted by Crippen LogP contribution is 2.34. The van der Waals surface area contributed by atoms with Gasteiger partial charge >= 0.3 is 0 Å². The second kappa shape index (κ2) is 3.41. The van der Waals surface area contributed by atoms with Gasteiger partial charge in [-0.2, -0.15) is 0 Å². The minimum atomic E-state index is -0.231. The third-order valence-corrected chi connectivity index (χ3v) is 2.63. The lowest BCUT2D eigenvalue weighted by Crippen LogP contribution is -2.25. The van der Waals surface area contributed by atoms with Crippen LogP contribution in [0.3, 0.4) is 0 Å². The summed E-state index contributed by atoms with van der Waals surface area (Å²) in [6.07, 6.45) is 4.34. The normalized spacial score (nSPS) is 27.5. The van der Waals surface area contributed by atoms with Crippen LogP contribution in [0.5, 0.6) is 0 Å². The molecule has 0 aromatic heterocycles. The van der Waals surface area contributed by atoms with E-state index in [0.29, 0.717) is 0 Å². The van der Waals surface area contributed by atoms with Gasteiger partial charge in [0, 0.05) is 5.41 Å². The summed E-state index contributed by atoms with van der Waals surface area (Å²) in [4.78, 5) is 10.7. The van der Waals surface area contributed by atoms with Crippen molar-refractivity contribution >= 4 is 6.29 Å². The second-order valence-electron chi connectivity index (χ2n) is 5.35. The van der Waals surface area contributed by atoms with E-state index in [1.807, 2.05) is 13.8 Å². The molecule has 13 heavy (non-hydrogen) atoms. The molecule has 1 rings (SSSR count). The third-order valence-electron chi connectivity index (χ3n) is 2.63. The van der Waals surface area contributed by atoms with E-state index < -0.39 is 0 Å². The molecule has 0 aromatic carbocycles. The molecule has 1 heterocycles. The number of hydrogen-bond donors (Lipinski definition) is 0. The maximum atomic E-state index is 10.7. The van der Waals surface area contributed by atoms with Crippen LogP contribution >= 0.6 is 0 Å². The topological polar surface area (TPSA) is 26.3 Å². The summed E-state index contributed by atoms with van der Waals surface area (Å²) in [5, 5.41) is 0. The number of carbonyl (C=O) groups is 1. The van der Waals surface area contributed by atoms with Gasteiger partial charge in [-0.25, -0.2) is 0 Å². The monoisotopic (exact) mass is 184 g/mol. The molecular formula is C11H20O2. The van der Waals surface area contributed by atoms with Crippen LogP contribution in [-0.2, 0) is 9.53 Å². The van der Waals surface area contributed by atoms with Crippen molar-refractivity contribution in [3.8, 4) is 0 Å². The summed E-state index contributed by atoms with van der Waals surface area (Å²) < 4.78 is 5.83. The molecule has 0 saturated carbocycles. The molecule has 1 fully saturated rings. The predicted octanol–water partition coefficient (Wildman–Crippen LogP) is 2.56. The largest absolute Gasteiger partial charge is 0.372 e. The van der Waals surface area contributed by atoms with Gasteiger partial charge in [0.15, 0.2) is 0 Å². The smallest absolute Gasteiger partial charge is 0.125 e. The molecule has 1 saturated heterocycles. The Balaban J connectivity index is 2.45. The first-order valence-electron chi connectivity index (χ1n) is 4.99. The minimum absolute atomic E-state index is 0.0175.